The normalized spacial score (nSPS) is 12.2. The van der Waals surface area contributed by atoms with E-state index in [-0.39, 0.29) is 22.5 Å². The van der Waals surface area contributed by atoms with E-state index in [2.05, 4.69) is 20.0 Å². The fraction of sp³-hybridized carbons (Fsp3) is 0.241. The van der Waals surface area contributed by atoms with E-state index in [4.69, 9.17) is 0 Å². The summed E-state index contributed by atoms with van der Waals surface area (Å²) in [4.78, 5) is 29.3. The Morgan fingerprint density at radius 3 is 2.35 bits per heavy atom. The number of H-pyrrole nitrogens is 1. The van der Waals surface area contributed by atoms with Gasteiger partial charge in [-0.2, -0.15) is 11.8 Å². The van der Waals surface area contributed by atoms with E-state index >= 15 is 0 Å². The molecular formula is C29H30N4O3S. The van der Waals surface area contributed by atoms with Crippen molar-refractivity contribution < 1.29 is 10.2 Å². The van der Waals surface area contributed by atoms with Crippen LogP contribution in [0.2, 0.25) is 0 Å². The summed E-state index contributed by atoms with van der Waals surface area (Å²) in [5, 5.41) is 21.0. The van der Waals surface area contributed by atoms with Crippen LogP contribution in [0.4, 0.5) is 11.4 Å². The molecule has 0 aliphatic heterocycles. The van der Waals surface area contributed by atoms with Crippen LogP contribution in [0, 0.1) is 0 Å². The zero-order valence-corrected chi connectivity index (χ0v) is 22.1. The summed E-state index contributed by atoms with van der Waals surface area (Å²) in [6.45, 7) is 6.12. The largest absolute Gasteiger partial charge is 0.507 e. The van der Waals surface area contributed by atoms with Crippen LogP contribution >= 0.6 is 11.8 Å². The minimum atomic E-state index is -0.229. The number of aliphatic imine (C=N–C) groups is 2. The highest BCUT2D eigenvalue weighted by atomic mass is 32.2. The molecule has 0 radical (unpaired) electrons. The van der Waals surface area contributed by atoms with E-state index in [0.29, 0.717) is 45.6 Å². The summed E-state index contributed by atoms with van der Waals surface area (Å²) in [6, 6.07) is 16.0. The molecule has 0 saturated carbocycles. The van der Waals surface area contributed by atoms with Crippen LogP contribution in [0.1, 0.15) is 43.2 Å². The van der Waals surface area contributed by atoms with Crippen molar-refractivity contribution in [2.75, 3.05) is 12.0 Å². The first kappa shape index (κ1) is 26.2. The first-order valence-corrected chi connectivity index (χ1v) is 13.3. The summed E-state index contributed by atoms with van der Waals surface area (Å²) < 4.78 is 0. The number of phenolic OH excluding ortho intramolecular Hbond substituents is 2. The van der Waals surface area contributed by atoms with E-state index in [0.717, 1.165) is 11.3 Å². The molecule has 190 valence electrons. The number of hydrogen-bond acceptors (Lipinski definition) is 7. The molecule has 0 atom stereocenters. The number of phenols is 2. The molecule has 4 aromatic rings. The van der Waals surface area contributed by atoms with Crippen LogP contribution in [0.3, 0.4) is 0 Å². The Morgan fingerprint density at radius 1 is 0.973 bits per heavy atom. The van der Waals surface area contributed by atoms with Gasteiger partial charge < -0.3 is 15.2 Å². The molecule has 3 aromatic carbocycles. The van der Waals surface area contributed by atoms with Crippen LogP contribution in [-0.4, -0.2) is 44.6 Å². The zero-order chi connectivity index (χ0) is 26.6. The number of aromatic hydroxyl groups is 2. The third kappa shape index (κ3) is 6.09. The number of aromatic amines is 1. The molecule has 1 aromatic heterocycles. The van der Waals surface area contributed by atoms with Crippen LogP contribution < -0.4 is 5.56 Å². The lowest BCUT2D eigenvalue weighted by Crippen LogP contribution is -2.15. The summed E-state index contributed by atoms with van der Waals surface area (Å²) >= 11 is 1.65. The minimum absolute atomic E-state index is 0.106. The van der Waals surface area contributed by atoms with Gasteiger partial charge in [0.2, 0.25) is 0 Å². The molecule has 0 aliphatic carbocycles. The number of thioether (sulfide) groups is 1. The molecule has 8 heteroatoms. The van der Waals surface area contributed by atoms with E-state index < -0.39 is 0 Å². The van der Waals surface area contributed by atoms with E-state index in [1.807, 2.05) is 45.2 Å². The third-order valence-electron chi connectivity index (χ3n) is 5.90. The smallest absolute Gasteiger partial charge is 0.270 e. The second-order valence-corrected chi connectivity index (χ2v) is 10.7. The van der Waals surface area contributed by atoms with E-state index in [1.165, 1.54) is 0 Å². The zero-order valence-electron chi connectivity index (χ0n) is 21.3. The Kier molecular flexibility index (Phi) is 7.78. The number of aromatic nitrogens is 2. The predicted octanol–water partition coefficient (Wildman–Crippen LogP) is 6.04. The van der Waals surface area contributed by atoms with Gasteiger partial charge in [-0.15, -0.1) is 0 Å². The molecule has 0 amide bonds. The SMILES string of the molecule is CSCCc1nc2cc(N=Cc3cccc(C(C)(C)C)c3O)c(N=Cc3ccccc3O)cc2[nH]c1=O. The Morgan fingerprint density at radius 2 is 1.65 bits per heavy atom. The van der Waals surface area contributed by atoms with Crippen molar-refractivity contribution in [3.05, 3.63) is 87.3 Å². The van der Waals surface area contributed by atoms with Crippen molar-refractivity contribution in [1.29, 1.82) is 0 Å². The molecule has 0 saturated heterocycles. The molecule has 0 aliphatic rings. The van der Waals surface area contributed by atoms with Gasteiger partial charge in [0, 0.05) is 30.0 Å². The van der Waals surface area contributed by atoms with Crippen molar-refractivity contribution in [2.24, 2.45) is 9.98 Å². The highest BCUT2D eigenvalue weighted by Crippen LogP contribution is 2.35. The lowest BCUT2D eigenvalue weighted by Gasteiger charge is -2.21. The van der Waals surface area contributed by atoms with Crippen molar-refractivity contribution in [3.8, 4) is 11.5 Å². The number of fused-ring (bicyclic) bond motifs is 1. The molecule has 4 rings (SSSR count). The second-order valence-electron chi connectivity index (χ2n) is 9.68. The quantitative estimate of drug-likeness (QED) is 0.261. The van der Waals surface area contributed by atoms with Crippen molar-refractivity contribution >= 4 is 46.6 Å². The topological polar surface area (TPSA) is 111 Å². The monoisotopic (exact) mass is 514 g/mol. The van der Waals surface area contributed by atoms with Gasteiger partial charge in [0.1, 0.15) is 17.2 Å². The van der Waals surface area contributed by atoms with Gasteiger partial charge in [-0.1, -0.05) is 45.0 Å². The van der Waals surface area contributed by atoms with Crippen LogP contribution in [0.25, 0.3) is 11.0 Å². The number of rotatable bonds is 7. The first-order valence-electron chi connectivity index (χ1n) is 11.9. The number of aryl methyl sites for hydroxylation is 1. The van der Waals surface area contributed by atoms with Gasteiger partial charge >= 0.3 is 0 Å². The second kappa shape index (κ2) is 11.0. The number of nitrogens with zero attached hydrogens (tertiary/aromatic N) is 3. The maximum atomic E-state index is 12.6. The summed E-state index contributed by atoms with van der Waals surface area (Å²) in [5.74, 6) is 1.08. The van der Waals surface area contributed by atoms with E-state index in [1.54, 1.807) is 60.6 Å². The molecule has 0 unspecified atom stereocenters. The summed E-state index contributed by atoms with van der Waals surface area (Å²) in [7, 11) is 0. The Hall–Kier alpha value is -3.91. The van der Waals surface area contributed by atoms with Crippen LogP contribution in [-0.2, 0) is 11.8 Å². The van der Waals surface area contributed by atoms with Gasteiger partial charge in [0.15, 0.2) is 0 Å². The number of benzene rings is 3. The Balaban J connectivity index is 1.83. The Bertz CT molecular complexity index is 1550. The third-order valence-corrected chi connectivity index (χ3v) is 6.51. The molecular weight excluding hydrogens is 484 g/mol. The molecule has 0 bridgehead atoms. The van der Waals surface area contributed by atoms with Crippen molar-refractivity contribution in [1.82, 2.24) is 9.97 Å². The standard InChI is InChI=1S/C29H30N4O3S/c1-29(2,3)20-10-7-9-19(27(20)35)17-31-22-14-24-25(33-28(36)21(32-24)12-13-37-4)15-23(22)30-16-18-8-5-6-11-26(18)34/h5-11,14-17,34-35H,12-13H2,1-4H3,(H,33,36). The van der Waals surface area contributed by atoms with Crippen LogP contribution in [0.5, 0.6) is 11.5 Å². The molecule has 37 heavy (non-hydrogen) atoms. The van der Waals surface area contributed by atoms with Crippen molar-refractivity contribution in [2.45, 2.75) is 32.6 Å². The lowest BCUT2D eigenvalue weighted by atomic mass is 9.85. The van der Waals surface area contributed by atoms with Crippen LogP contribution in [0.15, 0.2) is 69.4 Å². The highest BCUT2D eigenvalue weighted by Gasteiger charge is 2.19. The van der Waals surface area contributed by atoms with Gasteiger partial charge in [0.05, 0.1) is 22.4 Å². The number of hydrogen-bond donors (Lipinski definition) is 3. The maximum Gasteiger partial charge on any atom is 0.270 e. The average Bonchev–Trinajstić information content (AvgIpc) is 2.85. The van der Waals surface area contributed by atoms with Crippen molar-refractivity contribution in [3.63, 3.8) is 0 Å². The molecule has 7 nitrogen and oxygen atoms in total. The molecule has 0 spiro atoms. The minimum Gasteiger partial charge on any atom is -0.507 e. The molecule has 3 N–H and O–H groups in total. The van der Waals surface area contributed by atoms with E-state index in [9.17, 15) is 15.0 Å². The van der Waals surface area contributed by atoms with Gasteiger partial charge in [0.25, 0.3) is 5.56 Å². The highest BCUT2D eigenvalue weighted by molar-refractivity contribution is 7.98. The lowest BCUT2D eigenvalue weighted by molar-refractivity contribution is 0.446. The maximum absolute atomic E-state index is 12.6. The summed E-state index contributed by atoms with van der Waals surface area (Å²) in [5.41, 5.74) is 4.09. The number of nitrogens with one attached hydrogen (secondary N) is 1. The summed E-state index contributed by atoms with van der Waals surface area (Å²) in [6.07, 6.45) is 5.70. The fourth-order valence-corrected chi connectivity index (χ4v) is 4.27. The predicted molar refractivity (Wildman–Crippen MR) is 154 cm³/mol. The van der Waals surface area contributed by atoms with Gasteiger partial charge in [-0.3, -0.25) is 14.8 Å². The molecule has 0 fully saturated rings. The molecule has 1 heterocycles. The van der Waals surface area contributed by atoms with Gasteiger partial charge in [-0.25, -0.2) is 4.98 Å². The Labute approximate surface area is 220 Å². The average molecular weight is 515 g/mol. The fourth-order valence-electron chi connectivity index (χ4n) is 3.87. The van der Waals surface area contributed by atoms with Gasteiger partial charge in [-0.05, 0) is 53.3 Å². The first-order chi connectivity index (χ1) is 17.7. The number of para-hydroxylation sites is 2.